The normalized spacial score (nSPS) is 10.9. The maximum atomic E-state index is 13.5. The van der Waals surface area contributed by atoms with Gasteiger partial charge in [-0.2, -0.15) is 0 Å². The quantitative estimate of drug-likeness (QED) is 0.684. The highest BCUT2D eigenvalue weighted by Gasteiger charge is 2.12. The van der Waals surface area contributed by atoms with Gasteiger partial charge in [0.05, 0.1) is 24.0 Å². The van der Waals surface area contributed by atoms with E-state index in [2.05, 4.69) is 4.98 Å². The third kappa shape index (κ3) is 2.12. The van der Waals surface area contributed by atoms with E-state index in [-0.39, 0.29) is 11.7 Å². The molecule has 0 N–H and O–H groups in total. The second-order valence-corrected chi connectivity index (χ2v) is 4.60. The van der Waals surface area contributed by atoms with Gasteiger partial charge < -0.3 is 4.74 Å². The van der Waals surface area contributed by atoms with Crippen molar-refractivity contribution < 1.29 is 9.13 Å². The molecule has 0 aliphatic heterocycles. The Morgan fingerprint density at radius 2 is 1.95 bits per heavy atom. The average molecular weight is 291 g/mol. The molecule has 102 valence electrons. The number of imidazole rings is 1. The molecule has 0 atom stereocenters. The van der Waals surface area contributed by atoms with Crippen molar-refractivity contribution in [2.75, 3.05) is 7.11 Å². The standard InChI is InChI=1S/C15H12ClFN2O/c1-20-12-5-3-11(4-6-12)19-14-8-10(17)2-7-13(14)18-15(19)9-16/h2-8H,9H2,1H3. The molecule has 0 amide bonds. The summed E-state index contributed by atoms with van der Waals surface area (Å²) < 4.78 is 20.5. The number of hydrogen-bond acceptors (Lipinski definition) is 2. The maximum absolute atomic E-state index is 13.5. The molecule has 1 heterocycles. The molecule has 3 aromatic rings. The number of nitrogens with zero attached hydrogens (tertiary/aromatic N) is 2. The number of fused-ring (bicyclic) bond motifs is 1. The fourth-order valence-corrected chi connectivity index (χ4v) is 2.39. The van der Waals surface area contributed by atoms with Gasteiger partial charge in [0.2, 0.25) is 0 Å². The molecular formula is C15H12ClFN2O. The zero-order valence-corrected chi connectivity index (χ0v) is 11.6. The lowest BCUT2D eigenvalue weighted by Crippen LogP contribution is -1.99. The van der Waals surface area contributed by atoms with Crippen LogP contribution in [-0.4, -0.2) is 16.7 Å². The van der Waals surface area contributed by atoms with Crippen LogP contribution in [0.1, 0.15) is 5.82 Å². The van der Waals surface area contributed by atoms with Crippen LogP contribution in [0.3, 0.4) is 0 Å². The zero-order chi connectivity index (χ0) is 14.1. The van der Waals surface area contributed by atoms with Gasteiger partial charge in [-0.15, -0.1) is 11.6 Å². The van der Waals surface area contributed by atoms with Gasteiger partial charge in [0.1, 0.15) is 17.4 Å². The zero-order valence-electron chi connectivity index (χ0n) is 10.8. The number of rotatable bonds is 3. The van der Waals surface area contributed by atoms with Crippen molar-refractivity contribution >= 4 is 22.6 Å². The van der Waals surface area contributed by atoms with Crippen molar-refractivity contribution in [2.24, 2.45) is 0 Å². The molecule has 3 rings (SSSR count). The van der Waals surface area contributed by atoms with Crippen LogP contribution in [0.15, 0.2) is 42.5 Å². The first-order valence-corrected chi connectivity index (χ1v) is 6.63. The van der Waals surface area contributed by atoms with E-state index in [9.17, 15) is 4.39 Å². The number of ether oxygens (including phenoxy) is 1. The molecule has 0 unspecified atom stereocenters. The molecule has 0 fully saturated rings. The number of hydrogen-bond donors (Lipinski definition) is 0. The van der Waals surface area contributed by atoms with Crippen LogP contribution < -0.4 is 4.74 Å². The second kappa shape index (κ2) is 5.13. The minimum absolute atomic E-state index is 0.252. The lowest BCUT2D eigenvalue weighted by molar-refractivity contribution is 0.414. The molecule has 0 saturated heterocycles. The third-order valence-corrected chi connectivity index (χ3v) is 3.38. The molecular weight excluding hydrogens is 279 g/mol. The van der Waals surface area contributed by atoms with Gasteiger partial charge in [0.15, 0.2) is 0 Å². The summed E-state index contributed by atoms with van der Waals surface area (Å²) in [6.07, 6.45) is 0. The molecule has 0 aliphatic carbocycles. The minimum Gasteiger partial charge on any atom is -0.497 e. The Kier molecular flexibility index (Phi) is 3.32. The van der Waals surface area contributed by atoms with Crippen LogP contribution in [0.5, 0.6) is 5.75 Å². The molecule has 0 spiro atoms. The minimum atomic E-state index is -0.298. The summed E-state index contributed by atoms with van der Waals surface area (Å²) in [4.78, 5) is 4.42. The molecule has 0 saturated carbocycles. The number of methoxy groups -OCH3 is 1. The van der Waals surface area contributed by atoms with Crippen LogP contribution in [0.4, 0.5) is 4.39 Å². The van der Waals surface area contributed by atoms with E-state index in [0.29, 0.717) is 11.3 Å². The van der Waals surface area contributed by atoms with Crippen molar-refractivity contribution in [3.63, 3.8) is 0 Å². The highest BCUT2D eigenvalue weighted by Crippen LogP contribution is 2.24. The van der Waals surface area contributed by atoms with Gasteiger partial charge >= 0.3 is 0 Å². The highest BCUT2D eigenvalue weighted by atomic mass is 35.5. The SMILES string of the molecule is COc1ccc(-n2c(CCl)nc3ccc(F)cc32)cc1. The Hall–Kier alpha value is -2.07. The smallest absolute Gasteiger partial charge is 0.129 e. The molecule has 0 bridgehead atoms. The van der Waals surface area contributed by atoms with Crippen LogP contribution >= 0.6 is 11.6 Å². The van der Waals surface area contributed by atoms with Crippen molar-refractivity contribution in [1.82, 2.24) is 9.55 Å². The molecule has 0 radical (unpaired) electrons. The first-order valence-electron chi connectivity index (χ1n) is 6.10. The number of aromatic nitrogens is 2. The van der Waals surface area contributed by atoms with Crippen LogP contribution in [0.25, 0.3) is 16.7 Å². The highest BCUT2D eigenvalue weighted by molar-refractivity contribution is 6.17. The largest absolute Gasteiger partial charge is 0.497 e. The van der Waals surface area contributed by atoms with E-state index >= 15 is 0 Å². The number of benzene rings is 2. The Morgan fingerprint density at radius 1 is 1.20 bits per heavy atom. The Morgan fingerprint density at radius 3 is 2.60 bits per heavy atom. The van der Waals surface area contributed by atoms with E-state index in [1.165, 1.54) is 12.1 Å². The van der Waals surface area contributed by atoms with E-state index in [0.717, 1.165) is 17.0 Å². The van der Waals surface area contributed by atoms with Crippen molar-refractivity contribution in [2.45, 2.75) is 5.88 Å². The summed E-state index contributed by atoms with van der Waals surface area (Å²) in [6, 6.07) is 12.0. The van der Waals surface area contributed by atoms with Crippen LogP contribution in [0.2, 0.25) is 0 Å². The summed E-state index contributed by atoms with van der Waals surface area (Å²) >= 11 is 5.95. The average Bonchev–Trinajstić information content (AvgIpc) is 2.85. The van der Waals surface area contributed by atoms with Gasteiger partial charge in [-0.3, -0.25) is 4.57 Å². The van der Waals surface area contributed by atoms with Crippen molar-refractivity contribution in [1.29, 1.82) is 0 Å². The van der Waals surface area contributed by atoms with Gasteiger partial charge in [0, 0.05) is 11.8 Å². The van der Waals surface area contributed by atoms with Crippen molar-refractivity contribution in [3.05, 3.63) is 54.1 Å². The van der Waals surface area contributed by atoms with E-state index in [1.807, 2.05) is 28.8 Å². The number of alkyl halides is 1. The third-order valence-electron chi connectivity index (χ3n) is 3.14. The molecule has 5 heteroatoms. The molecule has 20 heavy (non-hydrogen) atoms. The molecule has 3 nitrogen and oxygen atoms in total. The lowest BCUT2D eigenvalue weighted by Gasteiger charge is -2.08. The van der Waals surface area contributed by atoms with E-state index < -0.39 is 0 Å². The fourth-order valence-electron chi connectivity index (χ4n) is 2.21. The van der Waals surface area contributed by atoms with Gasteiger partial charge in [-0.25, -0.2) is 9.37 Å². The van der Waals surface area contributed by atoms with Crippen LogP contribution in [-0.2, 0) is 5.88 Å². The second-order valence-electron chi connectivity index (χ2n) is 4.33. The summed E-state index contributed by atoms with van der Waals surface area (Å²) in [7, 11) is 1.61. The topological polar surface area (TPSA) is 27.1 Å². The lowest BCUT2D eigenvalue weighted by atomic mass is 10.2. The maximum Gasteiger partial charge on any atom is 0.129 e. The molecule has 2 aromatic carbocycles. The number of halogens is 2. The predicted octanol–water partition coefficient (Wildman–Crippen LogP) is 3.91. The first kappa shape index (κ1) is 12.9. The molecule has 0 aliphatic rings. The Balaban J connectivity index is 2.24. The first-order chi connectivity index (χ1) is 9.72. The Labute approximate surface area is 120 Å². The summed E-state index contributed by atoms with van der Waals surface area (Å²) in [5.74, 6) is 1.39. The van der Waals surface area contributed by atoms with Gasteiger partial charge in [-0.1, -0.05) is 0 Å². The summed E-state index contributed by atoms with van der Waals surface area (Å²) in [6.45, 7) is 0. The monoisotopic (exact) mass is 290 g/mol. The molecule has 1 aromatic heterocycles. The fraction of sp³-hybridized carbons (Fsp3) is 0.133. The van der Waals surface area contributed by atoms with Crippen LogP contribution in [0, 0.1) is 5.82 Å². The van der Waals surface area contributed by atoms with Crippen molar-refractivity contribution in [3.8, 4) is 11.4 Å². The van der Waals surface area contributed by atoms with Gasteiger partial charge in [0.25, 0.3) is 0 Å². The van der Waals surface area contributed by atoms with Gasteiger partial charge in [-0.05, 0) is 36.4 Å². The van der Waals surface area contributed by atoms with E-state index in [1.54, 1.807) is 13.2 Å². The summed E-state index contributed by atoms with van der Waals surface area (Å²) in [5.41, 5.74) is 2.29. The predicted molar refractivity (Wildman–Crippen MR) is 77.1 cm³/mol. The summed E-state index contributed by atoms with van der Waals surface area (Å²) in [5, 5.41) is 0. The van der Waals surface area contributed by atoms with E-state index in [4.69, 9.17) is 16.3 Å². The Bertz CT molecular complexity index is 752.